The molecule has 1 aliphatic rings. The van der Waals surface area contributed by atoms with Gasteiger partial charge in [0, 0.05) is 29.9 Å². The molecular formula is C21H22N4O4S. The van der Waals surface area contributed by atoms with Gasteiger partial charge in [-0.2, -0.15) is 0 Å². The van der Waals surface area contributed by atoms with Gasteiger partial charge in [-0.25, -0.2) is 9.78 Å². The number of carbonyl (C=O) groups excluding carboxylic acids is 2. The molecule has 1 atom stereocenters. The highest BCUT2D eigenvalue weighted by molar-refractivity contribution is 7.13. The van der Waals surface area contributed by atoms with Crippen molar-refractivity contribution in [3.05, 3.63) is 53.2 Å². The first-order chi connectivity index (χ1) is 14.6. The minimum Gasteiger partial charge on any atom is -0.459 e. The van der Waals surface area contributed by atoms with Gasteiger partial charge in [0.25, 0.3) is 5.91 Å². The molecule has 3 amide bonds. The van der Waals surface area contributed by atoms with E-state index in [2.05, 4.69) is 20.9 Å². The van der Waals surface area contributed by atoms with Crippen LogP contribution < -0.4 is 16.0 Å². The Balaban J connectivity index is 1.29. The van der Waals surface area contributed by atoms with Crippen molar-refractivity contribution >= 4 is 34.6 Å². The Labute approximate surface area is 177 Å². The van der Waals surface area contributed by atoms with Gasteiger partial charge >= 0.3 is 6.03 Å². The lowest BCUT2D eigenvalue weighted by Crippen LogP contribution is -2.35. The predicted octanol–water partition coefficient (Wildman–Crippen LogP) is 4.26. The highest BCUT2D eigenvalue weighted by atomic mass is 32.1. The fourth-order valence-electron chi connectivity index (χ4n) is 3.06. The number of hydrogen-bond acceptors (Lipinski definition) is 6. The van der Waals surface area contributed by atoms with Crippen LogP contribution in [0, 0.1) is 6.92 Å². The van der Waals surface area contributed by atoms with Gasteiger partial charge in [0.05, 0.1) is 6.10 Å². The summed E-state index contributed by atoms with van der Waals surface area (Å²) in [6.07, 6.45) is 2.10. The third-order valence-corrected chi connectivity index (χ3v) is 5.46. The first-order valence-corrected chi connectivity index (χ1v) is 10.5. The summed E-state index contributed by atoms with van der Waals surface area (Å²) in [6.45, 7) is 3.11. The molecular weight excluding hydrogens is 404 g/mol. The molecule has 1 aliphatic heterocycles. The van der Waals surface area contributed by atoms with Crippen LogP contribution in [0.5, 0.6) is 0 Å². The smallest absolute Gasteiger partial charge is 0.319 e. The molecule has 3 heterocycles. The molecule has 8 nitrogen and oxygen atoms in total. The van der Waals surface area contributed by atoms with Crippen molar-refractivity contribution in [2.24, 2.45) is 0 Å². The lowest BCUT2D eigenvalue weighted by atomic mass is 10.2. The van der Waals surface area contributed by atoms with E-state index in [4.69, 9.17) is 9.15 Å². The second-order valence-electron chi connectivity index (χ2n) is 6.95. The fraction of sp³-hybridized carbons (Fsp3) is 0.286. The number of nitrogens with one attached hydrogen (secondary N) is 3. The number of aromatic nitrogens is 1. The van der Waals surface area contributed by atoms with Crippen LogP contribution in [0.25, 0.3) is 10.8 Å². The maximum atomic E-state index is 12.4. The van der Waals surface area contributed by atoms with Crippen LogP contribution in [0.1, 0.15) is 29.1 Å². The lowest BCUT2D eigenvalue weighted by Gasteiger charge is -2.12. The number of benzene rings is 1. The van der Waals surface area contributed by atoms with Crippen molar-refractivity contribution < 1.29 is 18.7 Å². The summed E-state index contributed by atoms with van der Waals surface area (Å²) < 4.78 is 11.0. The lowest BCUT2D eigenvalue weighted by molar-refractivity contribution is 0.102. The molecule has 1 aromatic carbocycles. The normalized spacial score (nSPS) is 15.7. The Hall–Kier alpha value is -3.17. The maximum Gasteiger partial charge on any atom is 0.319 e. The Bertz CT molecular complexity index is 1020. The second-order valence-corrected chi connectivity index (χ2v) is 7.81. The standard InChI is InChI=1S/C21H22N4O4S/c1-13-4-9-18(29-13)20-25-17(12-30-20)19(26)23-14-5-7-15(8-6-14)24-21(27)22-11-16-3-2-10-28-16/h4-9,12,16H,2-3,10-11H2,1H3,(H,23,26)(H2,22,24,27)/t16-/m1/s1. The SMILES string of the molecule is Cc1ccc(-c2nc(C(=O)Nc3ccc(NC(=O)NC[C@H]4CCCO4)cc3)cs2)o1. The molecule has 0 aliphatic carbocycles. The van der Waals surface area contributed by atoms with E-state index in [1.807, 2.05) is 19.1 Å². The highest BCUT2D eigenvalue weighted by Gasteiger charge is 2.16. The average molecular weight is 426 g/mol. The number of hydrogen-bond donors (Lipinski definition) is 3. The molecule has 0 spiro atoms. The largest absolute Gasteiger partial charge is 0.459 e. The van der Waals surface area contributed by atoms with Crippen molar-refractivity contribution in [3.63, 3.8) is 0 Å². The molecule has 30 heavy (non-hydrogen) atoms. The van der Waals surface area contributed by atoms with E-state index in [9.17, 15) is 9.59 Å². The van der Waals surface area contributed by atoms with Gasteiger partial charge in [0.1, 0.15) is 11.5 Å². The van der Waals surface area contributed by atoms with Crippen molar-refractivity contribution in [2.45, 2.75) is 25.9 Å². The van der Waals surface area contributed by atoms with Crippen molar-refractivity contribution in [1.29, 1.82) is 0 Å². The van der Waals surface area contributed by atoms with E-state index < -0.39 is 0 Å². The summed E-state index contributed by atoms with van der Waals surface area (Å²) >= 11 is 1.35. The Kier molecular flexibility index (Phi) is 6.10. The second kappa shape index (κ2) is 9.10. The summed E-state index contributed by atoms with van der Waals surface area (Å²) in [5, 5.41) is 10.7. The third-order valence-electron chi connectivity index (χ3n) is 4.60. The van der Waals surface area contributed by atoms with Crippen molar-refractivity contribution in [3.8, 4) is 10.8 Å². The minimum atomic E-state index is -0.309. The number of urea groups is 1. The van der Waals surface area contributed by atoms with Crippen LogP contribution in [0.2, 0.25) is 0 Å². The molecule has 0 radical (unpaired) electrons. The Morgan fingerprint density at radius 3 is 2.57 bits per heavy atom. The molecule has 2 aromatic heterocycles. The van der Waals surface area contributed by atoms with Gasteiger partial charge in [0.15, 0.2) is 10.8 Å². The first-order valence-electron chi connectivity index (χ1n) is 9.67. The van der Waals surface area contributed by atoms with Gasteiger partial charge in [-0.15, -0.1) is 11.3 Å². The molecule has 3 aromatic rings. The van der Waals surface area contributed by atoms with Gasteiger partial charge in [-0.1, -0.05) is 0 Å². The highest BCUT2D eigenvalue weighted by Crippen LogP contribution is 2.26. The monoisotopic (exact) mass is 426 g/mol. The van der Waals surface area contributed by atoms with Gasteiger partial charge in [0.2, 0.25) is 0 Å². The number of nitrogens with zero attached hydrogens (tertiary/aromatic N) is 1. The van der Waals surface area contributed by atoms with E-state index >= 15 is 0 Å². The molecule has 0 unspecified atom stereocenters. The Morgan fingerprint density at radius 2 is 1.90 bits per heavy atom. The third kappa shape index (κ3) is 5.05. The summed E-state index contributed by atoms with van der Waals surface area (Å²) in [5.74, 6) is 1.13. The van der Waals surface area contributed by atoms with E-state index in [0.717, 1.165) is 25.2 Å². The molecule has 4 rings (SSSR count). The van der Waals surface area contributed by atoms with Gasteiger partial charge in [-0.3, -0.25) is 4.79 Å². The summed E-state index contributed by atoms with van der Waals surface area (Å²) in [6, 6.07) is 10.3. The maximum absolute atomic E-state index is 12.4. The van der Waals surface area contributed by atoms with E-state index in [1.165, 1.54) is 11.3 Å². The van der Waals surface area contributed by atoms with Crippen LogP contribution in [0.3, 0.4) is 0 Å². The van der Waals surface area contributed by atoms with Crippen LogP contribution in [0.15, 0.2) is 46.2 Å². The average Bonchev–Trinajstić information content (AvgIpc) is 3.49. The topological polar surface area (TPSA) is 105 Å². The van der Waals surface area contributed by atoms with Crippen LogP contribution >= 0.6 is 11.3 Å². The van der Waals surface area contributed by atoms with E-state index in [1.54, 1.807) is 29.6 Å². The number of ether oxygens (including phenoxy) is 1. The number of furan rings is 1. The number of rotatable bonds is 6. The molecule has 0 bridgehead atoms. The number of thiazole rings is 1. The van der Waals surface area contributed by atoms with Crippen LogP contribution in [0.4, 0.5) is 16.2 Å². The Morgan fingerprint density at radius 1 is 1.13 bits per heavy atom. The van der Waals surface area contributed by atoms with Gasteiger partial charge in [-0.05, 0) is 56.2 Å². The number of aryl methyl sites for hydroxylation is 1. The zero-order chi connectivity index (χ0) is 20.9. The summed E-state index contributed by atoms with van der Waals surface area (Å²) in [4.78, 5) is 28.8. The molecule has 9 heteroatoms. The first kappa shape index (κ1) is 20.1. The van der Waals surface area contributed by atoms with Crippen molar-refractivity contribution in [2.75, 3.05) is 23.8 Å². The molecule has 3 N–H and O–H groups in total. The van der Waals surface area contributed by atoms with Crippen LogP contribution in [-0.4, -0.2) is 36.2 Å². The molecule has 1 fully saturated rings. The zero-order valence-corrected chi connectivity index (χ0v) is 17.3. The summed E-state index contributed by atoms with van der Waals surface area (Å²) in [7, 11) is 0. The summed E-state index contributed by atoms with van der Waals surface area (Å²) in [5.41, 5.74) is 1.55. The molecule has 156 valence electrons. The van der Waals surface area contributed by atoms with E-state index in [-0.39, 0.29) is 18.0 Å². The number of carbonyl (C=O) groups is 2. The zero-order valence-electron chi connectivity index (χ0n) is 16.4. The molecule has 1 saturated heterocycles. The number of anilines is 2. The minimum absolute atomic E-state index is 0.0939. The fourth-order valence-corrected chi connectivity index (χ4v) is 3.82. The molecule has 0 saturated carbocycles. The van der Waals surface area contributed by atoms with E-state index in [0.29, 0.717) is 34.4 Å². The predicted molar refractivity (Wildman–Crippen MR) is 115 cm³/mol. The van der Waals surface area contributed by atoms with Crippen LogP contribution in [-0.2, 0) is 4.74 Å². The van der Waals surface area contributed by atoms with Crippen molar-refractivity contribution in [1.82, 2.24) is 10.3 Å². The number of amides is 3. The quantitative estimate of drug-likeness (QED) is 0.546. The van der Waals surface area contributed by atoms with Gasteiger partial charge < -0.3 is 25.1 Å².